The molecule has 8 aromatic rings. The molecule has 2 aromatic carbocycles. The molecule has 2 atom stereocenters. The largest absolute Gasteiger partial charge is 0.476 e. The molecular formula is C45H48F2N12O5. The van der Waals surface area contributed by atoms with Gasteiger partial charge in [-0.15, -0.1) is 0 Å². The number of carboxylic acids is 1. The van der Waals surface area contributed by atoms with Crippen molar-refractivity contribution < 1.29 is 33.7 Å². The Labute approximate surface area is 366 Å². The van der Waals surface area contributed by atoms with Crippen LogP contribution in [0.3, 0.4) is 0 Å². The van der Waals surface area contributed by atoms with Gasteiger partial charge in [0.1, 0.15) is 11.6 Å². The van der Waals surface area contributed by atoms with Crippen LogP contribution in [0.2, 0.25) is 0 Å². The van der Waals surface area contributed by atoms with Crippen molar-refractivity contribution in [1.29, 1.82) is 0 Å². The lowest BCUT2D eigenvalue weighted by molar-refractivity contribution is 0.0689. The molecule has 2 saturated heterocycles. The summed E-state index contributed by atoms with van der Waals surface area (Å²) in [6, 6.07) is 22.4. The molecule has 0 aliphatic carbocycles. The van der Waals surface area contributed by atoms with Crippen molar-refractivity contribution in [2.75, 3.05) is 49.2 Å². The first kappa shape index (κ1) is 44.6. The summed E-state index contributed by atoms with van der Waals surface area (Å²) in [6.07, 6.45) is 15.8. The predicted molar refractivity (Wildman–Crippen MR) is 236 cm³/mol. The molecule has 332 valence electrons. The number of hydrogen-bond acceptors (Lipinski definition) is 11. The summed E-state index contributed by atoms with van der Waals surface area (Å²) in [4.78, 5) is 36.6. The van der Waals surface area contributed by atoms with Crippen molar-refractivity contribution >= 4 is 34.5 Å². The van der Waals surface area contributed by atoms with Gasteiger partial charge in [-0.1, -0.05) is 7.43 Å². The molecule has 10 rings (SSSR count). The molecule has 2 fully saturated rings. The summed E-state index contributed by atoms with van der Waals surface area (Å²) in [7, 11) is 0. The van der Waals surface area contributed by atoms with Crippen molar-refractivity contribution in [2.45, 2.75) is 31.3 Å². The van der Waals surface area contributed by atoms with Crippen LogP contribution in [0.25, 0.3) is 22.4 Å². The summed E-state index contributed by atoms with van der Waals surface area (Å²) in [5.74, 6) is -0.378. The van der Waals surface area contributed by atoms with Crippen molar-refractivity contribution in [3.8, 4) is 11.4 Å². The Morgan fingerprint density at radius 2 is 1.16 bits per heavy atom. The number of aliphatic hydroxyl groups excluding tert-OH is 2. The van der Waals surface area contributed by atoms with Crippen molar-refractivity contribution in [3.63, 3.8) is 0 Å². The SMILES string of the molecule is C.NC1(CO)CCN(c2nccn3cccc23)C1.O=C(N[C@@]1(CO)CCN(c2nccn3cccc23)C1)c1ccn(-c2ccc(F)cc2)n1.O=C(O)c1ccn(-c2ccc(F)cc2)n1. The Balaban J connectivity index is 0.000000157. The predicted octanol–water partition coefficient (Wildman–Crippen LogP) is 4.61. The summed E-state index contributed by atoms with van der Waals surface area (Å²) in [5, 5.41) is 39.1. The van der Waals surface area contributed by atoms with Crippen LogP contribution in [0, 0.1) is 11.6 Å². The molecule has 6 aromatic heterocycles. The van der Waals surface area contributed by atoms with E-state index >= 15 is 0 Å². The van der Waals surface area contributed by atoms with E-state index in [1.807, 2.05) is 57.9 Å². The summed E-state index contributed by atoms with van der Waals surface area (Å²) >= 11 is 0. The molecule has 1 amide bonds. The maximum absolute atomic E-state index is 13.1. The van der Waals surface area contributed by atoms with Gasteiger partial charge < -0.3 is 45.0 Å². The minimum absolute atomic E-state index is 0. The van der Waals surface area contributed by atoms with E-state index in [1.54, 1.807) is 36.8 Å². The lowest BCUT2D eigenvalue weighted by atomic mass is 9.99. The number of nitrogens with zero attached hydrogens (tertiary/aromatic N) is 10. The van der Waals surface area contributed by atoms with Gasteiger partial charge in [-0.25, -0.2) is 32.9 Å². The lowest BCUT2D eigenvalue weighted by Gasteiger charge is -2.28. The first-order valence-corrected chi connectivity index (χ1v) is 20.0. The quantitative estimate of drug-likeness (QED) is 0.135. The minimum atomic E-state index is -1.09. The van der Waals surface area contributed by atoms with Gasteiger partial charge in [-0.2, -0.15) is 10.2 Å². The molecule has 1 unspecified atom stereocenters. The highest BCUT2D eigenvalue weighted by atomic mass is 19.1. The highest BCUT2D eigenvalue weighted by Gasteiger charge is 2.40. The highest BCUT2D eigenvalue weighted by molar-refractivity contribution is 5.93. The molecule has 2 aliphatic heterocycles. The van der Waals surface area contributed by atoms with E-state index in [-0.39, 0.29) is 49.6 Å². The molecule has 17 nitrogen and oxygen atoms in total. The Kier molecular flexibility index (Phi) is 13.1. The van der Waals surface area contributed by atoms with Gasteiger partial charge in [0, 0.05) is 75.8 Å². The number of halogens is 2. The zero-order chi connectivity index (χ0) is 44.1. The number of anilines is 2. The second kappa shape index (κ2) is 18.9. The fourth-order valence-corrected chi connectivity index (χ4v) is 7.59. The Morgan fingerprint density at radius 3 is 1.64 bits per heavy atom. The maximum atomic E-state index is 13.1. The lowest BCUT2D eigenvalue weighted by Crippen LogP contribution is -2.53. The molecule has 0 saturated carbocycles. The summed E-state index contributed by atoms with van der Waals surface area (Å²) < 4.78 is 32.7. The standard InChI is InChI=1S/C22H21FN6O2.C12H16N4O.C10H7FN2O2.CH4/c23-16-3-5-17(6-4-16)29-11-7-18(26-29)21(31)25-22(15-30)8-12-28(14-22)20-19-2-1-10-27(19)13-9-24-20;13-12(9-17)3-6-16(8-12)11-10-2-1-5-15(10)7-4-14-11;11-7-1-3-8(4-2-7)13-6-5-9(12-13)10(14)15;/h1-7,9-11,13,30H,8,12,14-15H2,(H,25,31);1-2,4-5,7,17H,3,6,8-9,13H2;1-6H,(H,14,15);1H4/t22-;;;/m0.../s1. The van der Waals surface area contributed by atoms with E-state index in [1.165, 1.54) is 58.0 Å². The number of carbonyl (C=O) groups is 2. The van der Waals surface area contributed by atoms with Gasteiger partial charge in [0.2, 0.25) is 0 Å². The number of rotatable bonds is 9. The molecule has 0 spiro atoms. The van der Waals surface area contributed by atoms with Gasteiger partial charge in [-0.3, -0.25) is 4.79 Å². The number of aromatic carboxylic acids is 1. The van der Waals surface area contributed by atoms with E-state index in [4.69, 9.17) is 10.8 Å². The third kappa shape index (κ3) is 9.60. The first-order chi connectivity index (χ1) is 30.4. The van der Waals surface area contributed by atoms with Crippen LogP contribution in [-0.2, 0) is 0 Å². The number of aromatic nitrogens is 8. The van der Waals surface area contributed by atoms with E-state index < -0.39 is 17.0 Å². The summed E-state index contributed by atoms with van der Waals surface area (Å²) in [6.45, 7) is 2.41. The van der Waals surface area contributed by atoms with Crippen LogP contribution in [0.1, 0.15) is 41.2 Å². The number of carbonyl (C=O) groups excluding carboxylic acids is 1. The van der Waals surface area contributed by atoms with E-state index in [0.717, 1.165) is 35.6 Å². The third-order valence-electron chi connectivity index (χ3n) is 11.0. The zero-order valence-electron chi connectivity index (χ0n) is 33.8. The average Bonchev–Trinajstić information content (AvgIpc) is 4.16. The number of fused-ring (bicyclic) bond motifs is 2. The van der Waals surface area contributed by atoms with Crippen molar-refractivity contribution in [3.05, 3.63) is 158 Å². The van der Waals surface area contributed by atoms with Gasteiger partial charge >= 0.3 is 5.97 Å². The van der Waals surface area contributed by atoms with Crippen LogP contribution >= 0.6 is 0 Å². The molecule has 19 heteroatoms. The van der Waals surface area contributed by atoms with Crippen LogP contribution < -0.4 is 20.9 Å². The normalized spacial score (nSPS) is 18.0. The molecule has 8 heterocycles. The monoisotopic (exact) mass is 874 g/mol. The Bertz CT molecular complexity index is 2840. The number of benzene rings is 2. The average molecular weight is 875 g/mol. The number of aliphatic hydroxyl groups is 2. The molecule has 2 aliphatic rings. The number of amides is 1. The molecular weight excluding hydrogens is 827 g/mol. The van der Waals surface area contributed by atoms with Crippen LogP contribution in [0.5, 0.6) is 0 Å². The summed E-state index contributed by atoms with van der Waals surface area (Å²) in [5.41, 5.74) is 8.30. The number of carboxylic acid groups (broad SMARTS) is 1. The van der Waals surface area contributed by atoms with E-state index in [9.17, 15) is 28.6 Å². The van der Waals surface area contributed by atoms with Crippen molar-refractivity contribution in [1.82, 2.24) is 43.6 Å². The second-order valence-electron chi connectivity index (χ2n) is 15.4. The first-order valence-electron chi connectivity index (χ1n) is 20.0. The molecule has 0 radical (unpaired) electrons. The van der Waals surface area contributed by atoms with Gasteiger partial charge in [0.05, 0.1) is 46.7 Å². The fourth-order valence-electron chi connectivity index (χ4n) is 7.59. The third-order valence-corrected chi connectivity index (χ3v) is 11.0. The fraction of sp³-hybridized carbons (Fsp3) is 0.244. The number of nitrogens with two attached hydrogens (primary N) is 1. The van der Waals surface area contributed by atoms with E-state index in [0.29, 0.717) is 37.4 Å². The minimum Gasteiger partial charge on any atom is -0.476 e. The Hall–Kier alpha value is -7.48. The van der Waals surface area contributed by atoms with Gasteiger partial charge in [-0.05, 0) is 97.8 Å². The smallest absolute Gasteiger partial charge is 0.356 e. The van der Waals surface area contributed by atoms with Gasteiger partial charge in [0.25, 0.3) is 5.91 Å². The topological polar surface area (TPSA) is 210 Å². The zero-order valence-corrected chi connectivity index (χ0v) is 33.8. The number of nitrogens with one attached hydrogen (secondary N) is 1. The number of hydrogen-bond donors (Lipinski definition) is 5. The van der Waals surface area contributed by atoms with Gasteiger partial charge in [0.15, 0.2) is 23.0 Å². The molecule has 0 bridgehead atoms. The molecule has 64 heavy (non-hydrogen) atoms. The van der Waals surface area contributed by atoms with Crippen molar-refractivity contribution in [2.24, 2.45) is 5.73 Å². The van der Waals surface area contributed by atoms with E-state index in [2.05, 4.69) is 35.3 Å². The maximum Gasteiger partial charge on any atom is 0.356 e. The van der Waals surface area contributed by atoms with Crippen LogP contribution in [0.4, 0.5) is 20.4 Å². The Morgan fingerprint density at radius 1 is 0.656 bits per heavy atom. The van der Waals surface area contributed by atoms with Crippen LogP contribution in [-0.4, -0.2) is 116 Å². The second-order valence-corrected chi connectivity index (χ2v) is 15.4. The highest BCUT2D eigenvalue weighted by Crippen LogP contribution is 2.29. The van der Waals surface area contributed by atoms with Crippen LogP contribution in [0.15, 0.2) is 135 Å². The molecule has 6 N–H and O–H groups in total.